The van der Waals surface area contributed by atoms with E-state index in [2.05, 4.69) is 17.6 Å². The van der Waals surface area contributed by atoms with E-state index < -0.39 is 6.03 Å². The Labute approximate surface area is 141 Å². The summed E-state index contributed by atoms with van der Waals surface area (Å²) in [5.74, 6) is -0.0226. The highest BCUT2D eigenvalue weighted by atomic mass is 16.5. The molecule has 0 aliphatic carbocycles. The molecule has 0 unspecified atom stereocenters. The minimum Gasteiger partial charge on any atom is -0.495 e. The molecule has 0 bridgehead atoms. The number of hydrogen-bond donors (Lipinski definition) is 2. The summed E-state index contributed by atoms with van der Waals surface area (Å²) in [5, 5.41) is 5.13. The molecular formula is C17H23N3O4. The maximum absolute atomic E-state index is 12.3. The van der Waals surface area contributed by atoms with Gasteiger partial charge in [0.15, 0.2) is 0 Å². The van der Waals surface area contributed by atoms with Crippen LogP contribution in [0.2, 0.25) is 0 Å². The molecule has 0 atom stereocenters. The minimum atomic E-state index is -0.509. The first-order chi connectivity index (χ1) is 11.6. The normalized spacial score (nSPS) is 14.3. The second kappa shape index (κ2) is 8.33. The average Bonchev–Trinajstić information content (AvgIpc) is 2.58. The van der Waals surface area contributed by atoms with E-state index in [0.29, 0.717) is 23.5 Å². The number of benzene rings is 1. The number of unbranched alkanes of at least 4 members (excludes halogenated alkanes) is 2. The maximum atomic E-state index is 12.3. The molecule has 1 fully saturated rings. The van der Waals surface area contributed by atoms with Gasteiger partial charge in [-0.15, -0.1) is 0 Å². The molecule has 1 aromatic rings. The largest absolute Gasteiger partial charge is 0.495 e. The molecule has 0 aromatic heterocycles. The van der Waals surface area contributed by atoms with Gasteiger partial charge in [-0.2, -0.15) is 0 Å². The number of anilines is 1. The lowest BCUT2D eigenvalue weighted by atomic mass is 10.1. The summed E-state index contributed by atoms with van der Waals surface area (Å²) >= 11 is 0. The predicted octanol–water partition coefficient (Wildman–Crippen LogP) is 2.06. The molecule has 7 nitrogen and oxygen atoms in total. The third-order valence-corrected chi connectivity index (χ3v) is 3.85. The molecule has 0 saturated carbocycles. The van der Waals surface area contributed by atoms with Crippen LogP contribution in [0.1, 0.15) is 43.0 Å². The lowest BCUT2D eigenvalue weighted by molar-refractivity contribution is -0.120. The minimum absolute atomic E-state index is 0.191. The van der Waals surface area contributed by atoms with Gasteiger partial charge in [0.05, 0.1) is 12.8 Å². The van der Waals surface area contributed by atoms with Crippen LogP contribution >= 0.6 is 0 Å². The third kappa shape index (κ3) is 4.24. The maximum Gasteiger partial charge on any atom is 0.328 e. The van der Waals surface area contributed by atoms with E-state index in [1.807, 2.05) is 0 Å². The smallest absolute Gasteiger partial charge is 0.328 e. The van der Waals surface area contributed by atoms with Gasteiger partial charge in [0, 0.05) is 25.1 Å². The van der Waals surface area contributed by atoms with Crippen LogP contribution in [0.4, 0.5) is 10.5 Å². The van der Waals surface area contributed by atoms with E-state index in [-0.39, 0.29) is 24.8 Å². The zero-order chi connectivity index (χ0) is 17.5. The summed E-state index contributed by atoms with van der Waals surface area (Å²) in [6.45, 7) is 2.97. The number of methoxy groups -OCH3 is 1. The second-order valence-corrected chi connectivity index (χ2v) is 5.60. The first kappa shape index (κ1) is 17.8. The highest BCUT2D eigenvalue weighted by molar-refractivity contribution is 6.07. The van der Waals surface area contributed by atoms with Crippen molar-refractivity contribution in [1.82, 2.24) is 10.6 Å². The van der Waals surface area contributed by atoms with Crippen LogP contribution in [0.5, 0.6) is 5.75 Å². The quantitative estimate of drug-likeness (QED) is 0.748. The molecule has 1 aliphatic rings. The number of hydrogen-bond acceptors (Lipinski definition) is 4. The number of nitrogens with one attached hydrogen (secondary N) is 2. The van der Waals surface area contributed by atoms with Gasteiger partial charge >= 0.3 is 6.03 Å². The fraction of sp³-hybridized carbons (Fsp3) is 0.471. The Morgan fingerprint density at radius 3 is 2.79 bits per heavy atom. The molecule has 0 spiro atoms. The zero-order valence-electron chi connectivity index (χ0n) is 14.1. The van der Waals surface area contributed by atoms with E-state index in [4.69, 9.17) is 4.74 Å². The van der Waals surface area contributed by atoms with Crippen molar-refractivity contribution < 1.29 is 19.1 Å². The van der Waals surface area contributed by atoms with Crippen molar-refractivity contribution in [2.45, 2.75) is 32.6 Å². The topological polar surface area (TPSA) is 87.7 Å². The van der Waals surface area contributed by atoms with Crippen LogP contribution in [0, 0.1) is 0 Å². The predicted molar refractivity (Wildman–Crippen MR) is 90.4 cm³/mol. The molecule has 2 rings (SSSR count). The molecule has 24 heavy (non-hydrogen) atoms. The molecule has 1 heterocycles. The number of carbonyl (C=O) groups is 3. The molecule has 4 amide bonds. The molecule has 1 aromatic carbocycles. The van der Waals surface area contributed by atoms with Gasteiger partial charge in [-0.05, 0) is 24.6 Å². The Morgan fingerprint density at radius 1 is 1.33 bits per heavy atom. The first-order valence-corrected chi connectivity index (χ1v) is 8.14. The summed E-state index contributed by atoms with van der Waals surface area (Å²) in [6.07, 6.45) is 3.30. The van der Waals surface area contributed by atoms with Crippen molar-refractivity contribution in [3.8, 4) is 5.75 Å². The lowest BCUT2D eigenvalue weighted by Gasteiger charge is -2.28. The van der Waals surface area contributed by atoms with Gasteiger partial charge in [-0.1, -0.05) is 19.8 Å². The van der Waals surface area contributed by atoms with Crippen LogP contribution in [0.3, 0.4) is 0 Å². The monoisotopic (exact) mass is 333 g/mol. The second-order valence-electron chi connectivity index (χ2n) is 5.60. The van der Waals surface area contributed by atoms with Gasteiger partial charge in [0.1, 0.15) is 5.75 Å². The fourth-order valence-electron chi connectivity index (χ4n) is 2.52. The highest BCUT2D eigenvalue weighted by Crippen LogP contribution is 2.30. The van der Waals surface area contributed by atoms with Crippen molar-refractivity contribution >= 4 is 23.5 Å². The Kier molecular flexibility index (Phi) is 6.17. The number of amides is 4. The van der Waals surface area contributed by atoms with Crippen LogP contribution in [-0.2, 0) is 4.79 Å². The molecule has 130 valence electrons. The van der Waals surface area contributed by atoms with Crippen molar-refractivity contribution in [2.75, 3.05) is 25.1 Å². The molecule has 7 heteroatoms. The zero-order valence-corrected chi connectivity index (χ0v) is 14.1. The number of ether oxygens (including phenoxy) is 1. The number of rotatable bonds is 7. The first-order valence-electron chi connectivity index (χ1n) is 8.14. The summed E-state index contributed by atoms with van der Waals surface area (Å²) in [6, 6.07) is 4.42. The van der Waals surface area contributed by atoms with Crippen molar-refractivity contribution in [1.29, 1.82) is 0 Å². The molecule has 2 N–H and O–H groups in total. The van der Waals surface area contributed by atoms with E-state index in [0.717, 1.165) is 19.3 Å². The summed E-state index contributed by atoms with van der Waals surface area (Å²) in [7, 11) is 1.50. The molecule has 0 radical (unpaired) electrons. The van der Waals surface area contributed by atoms with Gasteiger partial charge in [-0.25, -0.2) is 4.79 Å². The van der Waals surface area contributed by atoms with Crippen LogP contribution in [0.15, 0.2) is 18.2 Å². The Bertz CT molecular complexity index is 630. The fourth-order valence-corrected chi connectivity index (χ4v) is 2.52. The standard InChI is InChI=1S/C17H23N3O4/c1-3-4-5-9-18-16(22)12-6-7-14(24-2)13(11-12)20-10-8-15(21)19-17(20)23/h6-7,11H,3-5,8-10H2,1-2H3,(H,18,22)(H,19,21,23). The SMILES string of the molecule is CCCCCNC(=O)c1ccc(OC)c(N2CCC(=O)NC2=O)c1. The molecule has 1 saturated heterocycles. The Hall–Kier alpha value is -2.57. The average molecular weight is 333 g/mol. The number of nitrogens with zero attached hydrogens (tertiary/aromatic N) is 1. The van der Waals surface area contributed by atoms with E-state index >= 15 is 0 Å². The summed E-state index contributed by atoms with van der Waals surface area (Å²) in [5.41, 5.74) is 0.927. The Balaban J connectivity index is 2.16. The molecular weight excluding hydrogens is 310 g/mol. The number of imide groups is 1. The number of urea groups is 1. The van der Waals surface area contributed by atoms with Crippen molar-refractivity contribution in [3.05, 3.63) is 23.8 Å². The highest BCUT2D eigenvalue weighted by Gasteiger charge is 2.27. The van der Waals surface area contributed by atoms with Crippen LogP contribution < -0.4 is 20.3 Å². The van der Waals surface area contributed by atoms with E-state index in [1.165, 1.54) is 12.0 Å². The lowest BCUT2D eigenvalue weighted by Crippen LogP contribution is -2.49. The van der Waals surface area contributed by atoms with Crippen LogP contribution in [-0.4, -0.2) is 38.0 Å². The van der Waals surface area contributed by atoms with Crippen molar-refractivity contribution in [3.63, 3.8) is 0 Å². The number of carbonyl (C=O) groups excluding carboxylic acids is 3. The van der Waals surface area contributed by atoms with E-state index in [1.54, 1.807) is 18.2 Å². The van der Waals surface area contributed by atoms with Gasteiger partial charge in [0.2, 0.25) is 5.91 Å². The summed E-state index contributed by atoms with van der Waals surface area (Å²) in [4.78, 5) is 37.0. The van der Waals surface area contributed by atoms with Gasteiger partial charge in [0.25, 0.3) is 5.91 Å². The third-order valence-electron chi connectivity index (χ3n) is 3.85. The van der Waals surface area contributed by atoms with Gasteiger partial charge < -0.3 is 10.1 Å². The Morgan fingerprint density at radius 2 is 2.12 bits per heavy atom. The van der Waals surface area contributed by atoms with Crippen molar-refractivity contribution in [2.24, 2.45) is 0 Å². The molecule has 1 aliphatic heterocycles. The van der Waals surface area contributed by atoms with E-state index in [9.17, 15) is 14.4 Å². The van der Waals surface area contributed by atoms with Crippen LogP contribution in [0.25, 0.3) is 0 Å². The summed E-state index contributed by atoms with van der Waals surface area (Å²) < 4.78 is 5.28. The van der Waals surface area contributed by atoms with Gasteiger partial charge in [-0.3, -0.25) is 19.8 Å².